The van der Waals surface area contributed by atoms with Crippen LogP contribution in [-0.4, -0.2) is 26.7 Å². The minimum Gasteiger partial charge on any atom is -0.396 e. The molecule has 5 heteroatoms. The van der Waals surface area contributed by atoms with Gasteiger partial charge in [0, 0.05) is 30.1 Å². The molecule has 1 atom stereocenters. The SMILES string of the molecule is Cn1cc(CC(CO)c2ccc(Br)cc2)nn1. The van der Waals surface area contributed by atoms with Gasteiger partial charge in [-0.1, -0.05) is 33.3 Å². The molecule has 0 saturated heterocycles. The average Bonchev–Trinajstić information content (AvgIpc) is 2.73. The molecule has 0 aliphatic heterocycles. The summed E-state index contributed by atoms with van der Waals surface area (Å²) < 4.78 is 2.71. The highest BCUT2D eigenvalue weighted by Crippen LogP contribution is 2.21. The average molecular weight is 296 g/mol. The van der Waals surface area contributed by atoms with E-state index in [4.69, 9.17) is 0 Å². The molecule has 1 aromatic carbocycles. The number of aliphatic hydroxyl groups excluding tert-OH is 1. The lowest BCUT2D eigenvalue weighted by atomic mass is 9.95. The lowest BCUT2D eigenvalue weighted by Crippen LogP contribution is -2.08. The van der Waals surface area contributed by atoms with Crippen molar-refractivity contribution in [1.29, 1.82) is 0 Å². The zero-order valence-corrected chi connectivity index (χ0v) is 11.1. The summed E-state index contributed by atoms with van der Waals surface area (Å²) in [6.07, 6.45) is 2.58. The van der Waals surface area contributed by atoms with Crippen molar-refractivity contribution in [2.75, 3.05) is 6.61 Å². The highest BCUT2D eigenvalue weighted by Gasteiger charge is 2.13. The normalized spacial score (nSPS) is 12.6. The molecule has 90 valence electrons. The second kappa shape index (κ2) is 5.42. The van der Waals surface area contributed by atoms with E-state index >= 15 is 0 Å². The Balaban J connectivity index is 2.13. The zero-order valence-electron chi connectivity index (χ0n) is 9.55. The first-order valence-electron chi connectivity index (χ1n) is 5.40. The van der Waals surface area contributed by atoms with E-state index in [1.54, 1.807) is 4.68 Å². The summed E-state index contributed by atoms with van der Waals surface area (Å²) in [4.78, 5) is 0. The van der Waals surface area contributed by atoms with Crippen molar-refractivity contribution in [3.05, 3.63) is 46.2 Å². The number of benzene rings is 1. The standard InChI is InChI=1S/C12H14BrN3O/c1-16-7-12(14-15-16)6-10(8-17)9-2-4-11(13)5-3-9/h2-5,7,10,17H,6,8H2,1H3. The van der Waals surface area contributed by atoms with Crippen molar-refractivity contribution >= 4 is 15.9 Å². The van der Waals surface area contributed by atoms with E-state index in [1.165, 1.54) is 0 Å². The van der Waals surface area contributed by atoms with Crippen LogP contribution in [0.5, 0.6) is 0 Å². The van der Waals surface area contributed by atoms with Gasteiger partial charge in [0.1, 0.15) is 0 Å². The van der Waals surface area contributed by atoms with E-state index in [0.29, 0.717) is 6.42 Å². The van der Waals surface area contributed by atoms with E-state index in [9.17, 15) is 5.11 Å². The van der Waals surface area contributed by atoms with Gasteiger partial charge in [-0.3, -0.25) is 4.68 Å². The Labute approximate surface area is 108 Å². The molecule has 0 saturated carbocycles. The summed E-state index contributed by atoms with van der Waals surface area (Å²) in [6.45, 7) is 0.109. The van der Waals surface area contributed by atoms with Gasteiger partial charge in [-0.2, -0.15) is 0 Å². The fraction of sp³-hybridized carbons (Fsp3) is 0.333. The van der Waals surface area contributed by atoms with Gasteiger partial charge in [-0.25, -0.2) is 0 Å². The summed E-state index contributed by atoms with van der Waals surface area (Å²) >= 11 is 3.40. The molecule has 0 aliphatic carbocycles. The molecule has 2 rings (SSSR count). The third-order valence-electron chi connectivity index (χ3n) is 2.67. The van der Waals surface area contributed by atoms with Gasteiger partial charge >= 0.3 is 0 Å². The van der Waals surface area contributed by atoms with E-state index in [0.717, 1.165) is 15.7 Å². The monoisotopic (exact) mass is 295 g/mol. The van der Waals surface area contributed by atoms with Gasteiger partial charge in [-0.05, 0) is 17.7 Å². The fourth-order valence-corrected chi connectivity index (χ4v) is 2.03. The van der Waals surface area contributed by atoms with Crippen molar-refractivity contribution < 1.29 is 5.11 Å². The van der Waals surface area contributed by atoms with Crippen LogP contribution >= 0.6 is 15.9 Å². The Bertz CT molecular complexity index is 481. The molecule has 2 aromatic rings. The lowest BCUT2D eigenvalue weighted by molar-refractivity contribution is 0.264. The number of halogens is 1. The summed E-state index contributed by atoms with van der Waals surface area (Å²) in [6, 6.07) is 7.99. The van der Waals surface area contributed by atoms with Crippen LogP contribution in [0.15, 0.2) is 34.9 Å². The minimum atomic E-state index is 0.0693. The largest absolute Gasteiger partial charge is 0.396 e. The molecule has 0 spiro atoms. The quantitative estimate of drug-likeness (QED) is 0.937. The molecule has 0 fully saturated rings. The number of aromatic nitrogens is 3. The molecule has 1 heterocycles. The first-order chi connectivity index (χ1) is 8.19. The third-order valence-corrected chi connectivity index (χ3v) is 3.20. The van der Waals surface area contributed by atoms with E-state index in [1.807, 2.05) is 37.5 Å². The molecule has 17 heavy (non-hydrogen) atoms. The predicted octanol–water partition coefficient (Wildman–Crippen LogP) is 1.90. The molecular weight excluding hydrogens is 282 g/mol. The number of hydrogen-bond acceptors (Lipinski definition) is 3. The van der Waals surface area contributed by atoms with Crippen LogP contribution in [-0.2, 0) is 13.5 Å². The lowest BCUT2D eigenvalue weighted by Gasteiger charge is -2.12. The Morgan fingerprint density at radius 1 is 1.35 bits per heavy atom. The van der Waals surface area contributed by atoms with Crippen LogP contribution in [0.1, 0.15) is 17.2 Å². The topological polar surface area (TPSA) is 50.9 Å². The van der Waals surface area contributed by atoms with Gasteiger partial charge in [0.2, 0.25) is 0 Å². The molecule has 0 amide bonds. The summed E-state index contributed by atoms with van der Waals surface area (Å²) in [5.74, 6) is 0.0693. The van der Waals surface area contributed by atoms with Gasteiger partial charge in [0.05, 0.1) is 12.3 Å². The Hall–Kier alpha value is -1.20. The van der Waals surface area contributed by atoms with Crippen molar-refractivity contribution in [2.45, 2.75) is 12.3 Å². The van der Waals surface area contributed by atoms with E-state index in [2.05, 4.69) is 26.2 Å². The van der Waals surface area contributed by atoms with Crippen LogP contribution in [0.2, 0.25) is 0 Å². The molecule has 1 N–H and O–H groups in total. The maximum Gasteiger partial charge on any atom is 0.0833 e. The van der Waals surface area contributed by atoms with Crippen LogP contribution in [0, 0.1) is 0 Å². The van der Waals surface area contributed by atoms with Crippen LogP contribution < -0.4 is 0 Å². The van der Waals surface area contributed by atoms with Crippen LogP contribution in [0.25, 0.3) is 0 Å². The Morgan fingerprint density at radius 2 is 2.06 bits per heavy atom. The molecular formula is C12H14BrN3O. The van der Waals surface area contributed by atoms with Gasteiger partial charge < -0.3 is 5.11 Å². The van der Waals surface area contributed by atoms with Crippen LogP contribution in [0.4, 0.5) is 0 Å². The third kappa shape index (κ3) is 3.14. The van der Waals surface area contributed by atoms with E-state index in [-0.39, 0.29) is 12.5 Å². The van der Waals surface area contributed by atoms with E-state index < -0.39 is 0 Å². The first kappa shape index (κ1) is 12.3. The first-order valence-corrected chi connectivity index (χ1v) is 6.20. The molecule has 0 radical (unpaired) electrons. The van der Waals surface area contributed by atoms with Gasteiger partial charge in [0.25, 0.3) is 0 Å². The Kier molecular flexibility index (Phi) is 3.91. The summed E-state index contributed by atoms with van der Waals surface area (Å²) in [5.41, 5.74) is 2.01. The van der Waals surface area contributed by atoms with Crippen molar-refractivity contribution in [3.63, 3.8) is 0 Å². The molecule has 0 aliphatic rings. The minimum absolute atomic E-state index is 0.0693. The van der Waals surface area contributed by atoms with Gasteiger partial charge in [0.15, 0.2) is 0 Å². The number of aliphatic hydroxyl groups is 1. The fourth-order valence-electron chi connectivity index (χ4n) is 1.76. The number of nitrogens with zero attached hydrogens (tertiary/aromatic N) is 3. The maximum absolute atomic E-state index is 9.45. The smallest absolute Gasteiger partial charge is 0.0833 e. The molecule has 0 bridgehead atoms. The second-order valence-corrected chi connectivity index (χ2v) is 4.93. The number of rotatable bonds is 4. The van der Waals surface area contributed by atoms with Crippen molar-refractivity contribution in [3.8, 4) is 0 Å². The number of aryl methyl sites for hydroxylation is 1. The zero-order chi connectivity index (χ0) is 12.3. The summed E-state index contributed by atoms with van der Waals surface area (Å²) in [7, 11) is 1.84. The molecule has 1 unspecified atom stereocenters. The Morgan fingerprint density at radius 3 is 2.59 bits per heavy atom. The number of hydrogen-bond donors (Lipinski definition) is 1. The van der Waals surface area contributed by atoms with Gasteiger partial charge in [-0.15, -0.1) is 5.10 Å². The van der Waals surface area contributed by atoms with Crippen molar-refractivity contribution in [1.82, 2.24) is 15.0 Å². The second-order valence-electron chi connectivity index (χ2n) is 4.02. The highest BCUT2D eigenvalue weighted by molar-refractivity contribution is 9.10. The summed E-state index contributed by atoms with van der Waals surface area (Å²) in [5, 5.41) is 17.4. The molecule has 1 aromatic heterocycles. The molecule has 4 nitrogen and oxygen atoms in total. The maximum atomic E-state index is 9.45. The highest BCUT2D eigenvalue weighted by atomic mass is 79.9. The van der Waals surface area contributed by atoms with Crippen LogP contribution in [0.3, 0.4) is 0 Å². The predicted molar refractivity (Wildman–Crippen MR) is 68.7 cm³/mol. The van der Waals surface area contributed by atoms with Crippen molar-refractivity contribution in [2.24, 2.45) is 7.05 Å².